The number of anilines is 1. The molecule has 0 saturated heterocycles. The number of carbonyl (C=O) groups excluding carboxylic acids is 1. The summed E-state index contributed by atoms with van der Waals surface area (Å²) in [6.07, 6.45) is 1.58. The minimum atomic E-state index is -0.103. The summed E-state index contributed by atoms with van der Waals surface area (Å²) in [4.78, 5) is 15.4. The van der Waals surface area contributed by atoms with Gasteiger partial charge in [-0.3, -0.25) is 4.79 Å². The zero-order valence-corrected chi connectivity index (χ0v) is 10.0. The molecule has 0 aromatic carbocycles. The maximum atomic E-state index is 11.4. The Morgan fingerprint density at radius 1 is 1.59 bits per heavy atom. The van der Waals surface area contributed by atoms with Crippen molar-refractivity contribution in [2.45, 2.75) is 13.8 Å². The Kier molecular flexibility index (Phi) is 4.95. The Morgan fingerprint density at radius 2 is 2.35 bits per heavy atom. The smallest absolute Gasteiger partial charge is 0.239 e. The molecule has 0 radical (unpaired) electrons. The average Bonchev–Trinajstić information content (AvgIpc) is 2.34. The maximum absolute atomic E-state index is 11.4. The van der Waals surface area contributed by atoms with Crippen LogP contribution in [-0.2, 0) is 4.79 Å². The van der Waals surface area contributed by atoms with Gasteiger partial charge < -0.3 is 10.6 Å². The van der Waals surface area contributed by atoms with E-state index >= 15 is 0 Å². The lowest BCUT2D eigenvalue weighted by atomic mass is 10.2. The number of pyridine rings is 1. The molecule has 0 saturated carbocycles. The molecule has 0 aliphatic rings. The quantitative estimate of drug-likeness (QED) is 0.798. The molecule has 90 valence electrons. The Morgan fingerprint density at radius 3 is 3.00 bits per heavy atom. The average molecular weight is 232 g/mol. The molecule has 0 aliphatic carbocycles. The van der Waals surface area contributed by atoms with Gasteiger partial charge in [0.15, 0.2) is 0 Å². The molecule has 0 fully saturated rings. The molecule has 0 bridgehead atoms. The molecular weight excluding hydrogens is 216 g/mol. The summed E-state index contributed by atoms with van der Waals surface area (Å²) in [6, 6.07) is 5.35. The van der Waals surface area contributed by atoms with Crippen molar-refractivity contribution in [3.8, 4) is 6.07 Å². The van der Waals surface area contributed by atoms with Gasteiger partial charge in [0.25, 0.3) is 0 Å². The number of amides is 1. The molecule has 0 aliphatic heterocycles. The highest BCUT2D eigenvalue weighted by molar-refractivity contribution is 5.80. The van der Waals surface area contributed by atoms with E-state index in [1.165, 1.54) is 0 Å². The van der Waals surface area contributed by atoms with Crippen LogP contribution >= 0.6 is 0 Å². The van der Waals surface area contributed by atoms with E-state index < -0.39 is 0 Å². The third-order valence-electron chi connectivity index (χ3n) is 2.05. The van der Waals surface area contributed by atoms with Crippen molar-refractivity contribution >= 4 is 11.7 Å². The monoisotopic (exact) mass is 232 g/mol. The third kappa shape index (κ3) is 4.51. The van der Waals surface area contributed by atoms with Crippen molar-refractivity contribution < 1.29 is 4.79 Å². The Balaban J connectivity index is 2.45. The normalized spacial score (nSPS) is 9.76. The van der Waals surface area contributed by atoms with Gasteiger partial charge in [-0.1, -0.05) is 13.8 Å². The molecule has 0 spiro atoms. The highest BCUT2D eigenvalue weighted by Crippen LogP contribution is 2.08. The van der Waals surface area contributed by atoms with E-state index in [1.54, 1.807) is 18.3 Å². The number of aromatic nitrogens is 1. The van der Waals surface area contributed by atoms with Gasteiger partial charge in [-0.15, -0.1) is 0 Å². The minimum Gasteiger partial charge on any atom is -0.360 e. The number of carbonyl (C=O) groups is 1. The van der Waals surface area contributed by atoms with Gasteiger partial charge in [0.1, 0.15) is 11.9 Å². The molecule has 2 N–H and O–H groups in total. The standard InChI is InChI=1S/C12H16N4O/c1-9(2)7-15-11(17)8-16-12-10(6-13)4-3-5-14-12/h3-5,9H,7-8H2,1-2H3,(H,14,16)(H,15,17). The van der Waals surface area contributed by atoms with Crippen LogP contribution in [-0.4, -0.2) is 24.0 Å². The zero-order chi connectivity index (χ0) is 12.7. The van der Waals surface area contributed by atoms with Crippen molar-refractivity contribution in [1.82, 2.24) is 10.3 Å². The summed E-state index contributed by atoms with van der Waals surface area (Å²) < 4.78 is 0. The fourth-order valence-corrected chi connectivity index (χ4v) is 1.18. The maximum Gasteiger partial charge on any atom is 0.239 e. The molecule has 0 unspecified atom stereocenters. The Hall–Kier alpha value is -2.09. The fourth-order valence-electron chi connectivity index (χ4n) is 1.18. The van der Waals surface area contributed by atoms with Crippen molar-refractivity contribution in [2.75, 3.05) is 18.4 Å². The number of nitriles is 1. The molecule has 1 amide bonds. The van der Waals surface area contributed by atoms with Crippen LogP contribution in [0, 0.1) is 17.2 Å². The molecule has 0 atom stereocenters. The zero-order valence-electron chi connectivity index (χ0n) is 10.0. The highest BCUT2D eigenvalue weighted by atomic mass is 16.1. The predicted octanol–water partition coefficient (Wildman–Crippen LogP) is 1.14. The summed E-state index contributed by atoms with van der Waals surface area (Å²) >= 11 is 0. The van der Waals surface area contributed by atoms with Crippen LogP contribution in [0.1, 0.15) is 19.4 Å². The van der Waals surface area contributed by atoms with Gasteiger partial charge >= 0.3 is 0 Å². The van der Waals surface area contributed by atoms with E-state index in [1.807, 2.05) is 19.9 Å². The lowest BCUT2D eigenvalue weighted by Crippen LogP contribution is -2.32. The number of nitrogens with zero attached hydrogens (tertiary/aromatic N) is 2. The van der Waals surface area contributed by atoms with Crippen LogP contribution in [0.5, 0.6) is 0 Å². The third-order valence-corrected chi connectivity index (χ3v) is 2.05. The van der Waals surface area contributed by atoms with E-state index in [0.717, 1.165) is 0 Å². The second-order valence-electron chi connectivity index (χ2n) is 4.06. The lowest BCUT2D eigenvalue weighted by molar-refractivity contribution is -0.119. The van der Waals surface area contributed by atoms with Crippen LogP contribution in [0.15, 0.2) is 18.3 Å². The van der Waals surface area contributed by atoms with E-state index in [4.69, 9.17) is 5.26 Å². The Bertz CT molecular complexity index is 423. The molecule has 1 aromatic rings. The number of hydrogen-bond acceptors (Lipinski definition) is 4. The van der Waals surface area contributed by atoms with E-state index in [0.29, 0.717) is 23.8 Å². The van der Waals surface area contributed by atoms with Crippen molar-refractivity contribution in [3.05, 3.63) is 23.9 Å². The van der Waals surface area contributed by atoms with Crippen LogP contribution in [0.2, 0.25) is 0 Å². The van der Waals surface area contributed by atoms with Crippen LogP contribution in [0.4, 0.5) is 5.82 Å². The largest absolute Gasteiger partial charge is 0.360 e. The second kappa shape index (κ2) is 6.48. The predicted molar refractivity (Wildman–Crippen MR) is 65.3 cm³/mol. The summed E-state index contributed by atoms with van der Waals surface area (Å²) in [5.41, 5.74) is 0.434. The van der Waals surface area contributed by atoms with Gasteiger partial charge in [0.05, 0.1) is 12.1 Å². The first-order chi connectivity index (χ1) is 8.13. The van der Waals surface area contributed by atoms with Gasteiger partial charge in [-0.2, -0.15) is 5.26 Å². The lowest BCUT2D eigenvalue weighted by Gasteiger charge is -2.09. The minimum absolute atomic E-state index is 0.103. The van der Waals surface area contributed by atoms with Crippen molar-refractivity contribution in [2.24, 2.45) is 5.92 Å². The second-order valence-corrected chi connectivity index (χ2v) is 4.06. The summed E-state index contributed by atoms with van der Waals surface area (Å²) in [6.45, 7) is 4.83. The molecule has 1 heterocycles. The number of hydrogen-bond donors (Lipinski definition) is 2. The van der Waals surface area contributed by atoms with Crippen LogP contribution in [0.25, 0.3) is 0 Å². The molecule has 1 rings (SSSR count). The van der Waals surface area contributed by atoms with Gasteiger partial charge in [-0.05, 0) is 18.1 Å². The highest BCUT2D eigenvalue weighted by Gasteiger charge is 2.05. The molecular formula is C12H16N4O. The van der Waals surface area contributed by atoms with Gasteiger partial charge in [0.2, 0.25) is 5.91 Å². The van der Waals surface area contributed by atoms with Gasteiger partial charge in [0, 0.05) is 12.7 Å². The van der Waals surface area contributed by atoms with E-state index in [2.05, 4.69) is 15.6 Å². The molecule has 17 heavy (non-hydrogen) atoms. The molecule has 1 aromatic heterocycles. The topological polar surface area (TPSA) is 77.8 Å². The Labute approximate surface area is 101 Å². The summed E-state index contributed by atoms with van der Waals surface area (Å²) in [7, 11) is 0. The first-order valence-corrected chi connectivity index (χ1v) is 5.49. The van der Waals surface area contributed by atoms with Crippen LogP contribution in [0.3, 0.4) is 0 Å². The van der Waals surface area contributed by atoms with Crippen molar-refractivity contribution in [1.29, 1.82) is 5.26 Å². The van der Waals surface area contributed by atoms with Crippen molar-refractivity contribution in [3.63, 3.8) is 0 Å². The summed E-state index contributed by atoms with van der Waals surface area (Å²) in [5, 5.41) is 14.4. The number of rotatable bonds is 5. The fraction of sp³-hybridized carbons (Fsp3) is 0.417. The molecule has 5 heteroatoms. The van der Waals surface area contributed by atoms with Gasteiger partial charge in [-0.25, -0.2) is 4.98 Å². The first-order valence-electron chi connectivity index (χ1n) is 5.49. The van der Waals surface area contributed by atoms with E-state index in [-0.39, 0.29) is 12.5 Å². The van der Waals surface area contributed by atoms with Crippen LogP contribution < -0.4 is 10.6 Å². The molecule has 5 nitrogen and oxygen atoms in total. The van der Waals surface area contributed by atoms with E-state index in [9.17, 15) is 4.79 Å². The summed E-state index contributed by atoms with van der Waals surface area (Å²) in [5.74, 6) is 0.756. The number of nitrogens with one attached hydrogen (secondary N) is 2. The SMILES string of the molecule is CC(C)CNC(=O)CNc1ncccc1C#N. The first kappa shape index (κ1) is 13.0.